The lowest BCUT2D eigenvalue weighted by atomic mass is 9.94. The molecule has 0 atom stereocenters. The van der Waals surface area contributed by atoms with Crippen LogP contribution in [-0.4, -0.2) is 41.6 Å². The minimum atomic E-state index is -0.580. The Morgan fingerprint density at radius 2 is 1.91 bits per heavy atom. The summed E-state index contributed by atoms with van der Waals surface area (Å²) in [6, 6.07) is 11.0. The van der Waals surface area contributed by atoms with Crippen molar-refractivity contribution in [2.75, 3.05) is 13.7 Å². The number of nitrogens with zero attached hydrogens (tertiary/aromatic N) is 1. The maximum atomic E-state index is 13.5. The maximum absolute atomic E-state index is 13.5. The van der Waals surface area contributed by atoms with Crippen molar-refractivity contribution in [1.29, 1.82) is 0 Å². The summed E-state index contributed by atoms with van der Waals surface area (Å²) >= 11 is 5.61. The van der Waals surface area contributed by atoms with Crippen molar-refractivity contribution in [1.82, 2.24) is 10.2 Å². The van der Waals surface area contributed by atoms with Gasteiger partial charge in [-0.3, -0.25) is 14.9 Å². The minimum Gasteiger partial charge on any atom is -0.493 e. The smallest absolute Gasteiger partial charge is 0.257 e. The largest absolute Gasteiger partial charge is 0.493 e. The number of thiocarbonyl (C=S) groups is 1. The van der Waals surface area contributed by atoms with E-state index in [1.165, 1.54) is 31.7 Å². The van der Waals surface area contributed by atoms with Crippen molar-refractivity contribution in [3.8, 4) is 11.5 Å². The number of carbonyl (C=O) groups is 2. The van der Waals surface area contributed by atoms with E-state index in [0.717, 1.165) is 31.2 Å². The molecule has 0 aromatic heterocycles. The SMILES string of the molecule is COc1cc(CN(C(=S)NC(=O)c2cccc(F)c2)C2CCCCC2)ccc1OCC(N)=O. The molecule has 2 amide bonds. The van der Waals surface area contributed by atoms with Crippen LogP contribution < -0.4 is 20.5 Å². The number of ether oxygens (including phenoxy) is 2. The van der Waals surface area contributed by atoms with Crippen LogP contribution in [0.15, 0.2) is 42.5 Å². The Bertz CT molecular complexity index is 1010. The Kier molecular flexibility index (Phi) is 8.59. The van der Waals surface area contributed by atoms with Crippen molar-refractivity contribution >= 4 is 29.1 Å². The molecule has 0 spiro atoms. The zero-order chi connectivity index (χ0) is 23.8. The van der Waals surface area contributed by atoms with Gasteiger partial charge in [0, 0.05) is 18.2 Å². The molecule has 0 aliphatic heterocycles. The Balaban J connectivity index is 1.78. The lowest BCUT2D eigenvalue weighted by molar-refractivity contribution is -0.119. The number of nitrogens with one attached hydrogen (secondary N) is 1. The predicted octanol–water partition coefficient (Wildman–Crippen LogP) is 3.55. The molecule has 2 aromatic rings. The number of carbonyl (C=O) groups excluding carboxylic acids is 2. The molecule has 1 fully saturated rings. The molecule has 9 heteroatoms. The van der Waals surface area contributed by atoms with Crippen LogP contribution in [0.4, 0.5) is 4.39 Å². The van der Waals surface area contributed by atoms with E-state index in [4.69, 9.17) is 27.4 Å². The molecule has 2 aromatic carbocycles. The first-order chi connectivity index (χ1) is 15.9. The third-order valence-corrected chi connectivity index (χ3v) is 5.87. The zero-order valence-electron chi connectivity index (χ0n) is 18.5. The van der Waals surface area contributed by atoms with Gasteiger partial charge in [-0.2, -0.15) is 0 Å². The molecule has 176 valence electrons. The molecule has 7 nitrogen and oxygen atoms in total. The number of amides is 2. The molecular weight excluding hydrogens is 445 g/mol. The zero-order valence-corrected chi connectivity index (χ0v) is 19.3. The van der Waals surface area contributed by atoms with Gasteiger partial charge in [0.2, 0.25) is 0 Å². The van der Waals surface area contributed by atoms with Gasteiger partial charge < -0.3 is 20.1 Å². The van der Waals surface area contributed by atoms with Crippen molar-refractivity contribution in [2.45, 2.75) is 44.7 Å². The number of hydrogen-bond acceptors (Lipinski definition) is 5. The van der Waals surface area contributed by atoms with Gasteiger partial charge in [-0.05, 0) is 61.0 Å². The molecule has 0 heterocycles. The monoisotopic (exact) mass is 473 g/mol. The number of methoxy groups -OCH3 is 1. The van der Waals surface area contributed by atoms with Gasteiger partial charge in [-0.15, -0.1) is 0 Å². The standard InChI is InChI=1S/C24H28FN3O4S/c1-31-21-12-16(10-11-20(21)32-15-22(26)29)14-28(19-8-3-2-4-9-19)24(33)27-23(30)17-6-5-7-18(25)13-17/h5-7,10-13,19H,2-4,8-9,14-15H2,1H3,(H2,26,29)(H,27,30,33). The summed E-state index contributed by atoms with van der Waals surface area (Å²) in [5, 5.41) is 3.05. The fraction of sp³-hybridized carbons (Fsp3) is 0.375. The highest BCUT2D eigenvalue weighted by molar-refractivity contribution is 7.80. The minimum absolute atomic E-state index is 0.177. The summed E-state index contributed by atoms with van der Waals surface area (Å²) in [6.45, 7) is 0.194. The third kappa shape index (κ3) is 6.89. The highest BCUT2D eigenvalue weighted by Crippen LogP contribution is 2.30. The second-order valence-corrected chi connectivity index (χ2v) is 8.32. The molecule has 0 radical (unpaired) electrons. The molecule has 3 N–H and O–H groups in total. The van der Waals surface area contributed by atoms with Gasteiger partial charge in [-0.25, -0.2) is 4.39 Å². The Hall–Kier alpha value is -3.20. The average Bonchev–Trinajstić information content (AvgIpc) is 2.81. The predicted molar refractivity (Wildman–Crippen MR) is 127 cm³/mol. The van der Waals surface area contributed by atoms with Crippen LogP contribution in [0.3, 0.4) is 0 Å². The summed E-state index contributed by atoms with van der Waals surface area (Å²) < 4.78 is 24.3. The van der Waals surface area contributed by atoms with E-state index in [9.17, 15) is 14.0 Å². The van der Waals surface area contributed by atoms with Crippen molar-refractivity contribution < 1.29 is 23.5 Å². The van der Waals surface area contributed by atoms with Crippen LogP contribution in [0.25, 0.3) is 0 Å². The normalized spacial score (nSPS) is 13.8. The molecular formula is C24H28FN3O4S. The molecule has 1 aliphatic rings. The van der Waals surface area contributed by atoms with E-state index in [0.29, 0.717) is 23.2 Å². The van der Waals surface area contributed by atoms with Gasteiger partial charge in [0.1, 0.15) is 5.82 Å². The molecule has 0 saturated heterocycles. The van der Waals surface area contributed by atoms with Gasteiger partial charge >= 0.3 is 0 Å². The Morgan fingerprint density at radius 3 is 2.58 bits per heavy atom. The fourth-order valence-corrected chi connectivity index (χ4v) is 4.21. The van der Waals surface area contributed by atoms with Crippen LogP contribution in [0.2, 0.25) is 0 Å². The molecule has 1 aliphatic carbocycles. The molecule has 0 unspecified atom stereocenters. The van der Waals surface area contributed by atoms with Crippen LogP contribution >= 0.6 is 12.2 Å². The lowest BCUT2D eigenvalue weighted by Gasteiger charge is -2.36. The lowest BCUT2D eigenvalue weighted by Crippen LogP contribution is -2.48. The molecule has 33 heavy (non-hydrogen) atoms. The van der Waals surface area contributed by atoms with E-state index in [1.807, 2.05) is 17.0 Å². The van der Waals surface area contributed by atoms with E-state index < -0.39 is 17.6 Å². The Labute approximate surface area is 198 Å². The van der Waals surface area contributed by atoms with Gasteiger partial charge in [-0.1, -0.05) is 31.4 Å². The number of rotatable bonds is 8. The third-order valence-electron chi connectivity index (χ3n) is 5.53. The van der Waals surface area contributed by atoms with Crippen LogP contribution in [0, 0.1) is 5.82 Å². The van der Waals surface area contributed by atoms with Gasteiger partial charge in [0.15, 0.2) is 23.2 Å². The molecule has 3 rings (SSSR count). The van der Waals surface area contributed by atoms with Crippen molar-refractivity contribution in [3.05, 3.63) is 59.4 Å². The topological polar surface area (TPSA) is 93.9 Å². The summed E-state index contributed by atoms with van der Waals surface area (Å²) in [6.07, 6.45) is 5.28. The summed E-state index contributed by atoms with van der Waals surface area (Å²) in [5.41, 5.74) is 6.25. The Morgan fingerprint density at radius 1 is 1.15 bits per heavy atom. The van der Waals surface area contributed by atoms with E-state index in [1.54, 1.807) is 12.1 Å². The highest BCUT2D eigenvalue weighted by atomic mass is 32.1. The molecule has 1 saturated carbocycles. The quantitative estimate of drug-likeness (QED) is 0.570. The highest BCUT2D eigenvalue weighted by Gasteiger charge is 2.25. The van der Waals surface area contributed by atoms with Crippen LogP contribution in [-0.2, 0) is 11.3 Å². The number of halogens is 1. The first kappa shape index (κ1) is 24.4. The number of hydrogen-bond donors (Lipinski definition) is 2. The first-order valence-electron chi connectivity index (χ1n) is 10.8. The van der Waals surface area contributed by atoms with E-state index in [2.05, 4.69) is 5.32 Å². The maximum Gasteiger partial charge on any atom is 0.257 e. The van der Waals surface area contributed by atoms with E-state index in [-0.39, 0.29) is 18.2 Å². The molecule has 0 bridgehead atoms. The van der Waals surface area contributed by atoms with Crippen molar-refractivity contribution in [3.63, 3.8) is 0 Å². The first-order valence-corrected chi connectivity index (χ1v) is 11.2. The number of primary amides is 1. The fourth-order valence-electron chi connectivity index (χ4n) is 3.91. The number of benzene rings is 2. The summed E-state index contributed by atoms with van der Waals surface area (Å²) in [4.78, 5) is 25.7. The van der Waals surface area contributed by atoms with Crippen LogP contribution in [0.1, 0.15) is 48.0 Å². The van der Waals surface area contributed by atoms with Gasteiger partial charge in [0.25, 0.3) is 11.8 Å². The van der Waals surface area contributed by atoms with Crippen LogP contribution in [0.5, 0.6) is 11.5 Å². The van der Waals surface area contributed by atoms with Crippen molar-refractivity contribution in [2.24, 2.45) is 5.73 Å². The summed E-state index contributed by atoms with van der Waals surface area (Å²) in [7, 11) is 1.51. The van der Waals surface area contributed by atoms with E-state index >= 15 is 0 Å². The second kappa shape index (κ2) is 11.6. The second-order valence-electron chi connectivity index (χ2n) is 7.93. The average molecular weight is 474 g/mol. The summed E-state index contributed by atoms with van der Waals surface area (Å²) in [5.74, 6) is -0.640. The number of nitrogens with two attached hydrogens (primary N) is 1. The van der Waals surface area contributed by atoms with Gasteiger partial charge in [0.05, 0.1) is 7.11 Å².